The average Bonchev–Trinajstić information content (AvgIpc) is 3.68. The van der Waals surface area contributed by atoms with E-state index in [4.69, 9.17) is 0 Å². The van der Waals surface area contributed by atoms with Crippen LogP contribution >= 0.6 is 0 Å². The van der Waals surface area contributed by atoms with Gasteiger partial charge in [0.25, 0.3) is 0 Å². The molecule has 0 spiro atoms. The molecule has 18 N–H and O–H groups in total. The third-order valence-corrected chi connectivity index (χ3v) is 11.6. The minimum atomic E-state index is -1.57. The van der Waals surface area contributed by atoms with Crippen LogP contribution in [-0.4, -0.2) is 96.5 Å². The third kappa shape index (κ3) is 5.87. The number of anilines is 3. The van der Waals surface area contributed by atoms with Gasteiger partial charge < -0.3 is 96.5 Å². The molecule has 20 nitrogen and oxygen atoms in total. The van der Waals surface area contributed by atoms with Gasteiger partial charge in [0.15, 0.2) is 69.0 Å². The predicted octanol–water partition coefficient (Wildman–Crippen LogP) is 7.96. The molecule has 1 heterocycles. The van der Waals surface area contributed by atoms with Crippen LogP contribution in [0.25, 0.3) is 60.9 Å². The first-order valence-electron chi connectivity index (χ1n) is 19.7. The highest BCUT2D eigenvalue weighted by Gasteiger charge is 2.39. The van der Waals surface area contributed by atoms with Crippen molar-refractivity contribution < 1.29 is 91.9 Å². The molecular weight excluding hydrogens is 893 g/mol. The zero-order chi connectivity index (χ0) is 48.9. The first-order chi connectivity index (χ1) is 32.3. The summed E-state index contributed by atoms with van der Waals surface area (Å²) in [7, 11) is 0. The second kappa shape index (κ2) is 15.2. The summed E-state index contributed by atoms with van der Waals surface area (Å²) >= 11 is 0. The van der Waals surface area contributed by atoms with Crippen LogP contribution in [0.4, 0.5) is 17.1 Å². The number of benzene rings is 8. The molecule has 0 amide bonds. The summed E-state index contributed by atoms with van der Waals surface area (Å²) in [6.45, 7) is 0. The number of para-hydroxylation sites is 3. The second-order valence-corrected chi connectivity index (χ2v) is 15.2. The molecule has 1 aromatic heterocycles. The Hall–Kier alpha value is -10.2. The number of aromatic hydroxyl groups is 18. The Balaban J connectivity index is 1.31. The molecule has 0 atom stereocenters. The van der Waals surface area contributed by atoms with Crippen molar-refractivity contribution in [3.63, 3.8) is 0 Å². The molecule has 0 saturated carbocycles. The fraction of sp³-hybridized carbons (Fsp3) is 0. The van der Waals surface area contributed by atoms with Crippen molar-refractivity contribution in [2.45, 2.75) is 0 Å². The summed E-state index contributed by atoms with van der Waals surface area (Å²) in [5.41, 5.74) is -4.30. The maximum absolute atomic E-state index is 11.7. The van der Waals surface area contributed by atoms with Crippen LogP contribution in [0.5, 0.6) is 103 Å². The summed E-state index contributed by atoms with van der Waals surface area (Å²) in [5.74, 6) is -27.3. The Morgan fingerprint density at radius 2 is 0.574 bits per heavy atom. The molecule has 9 aromatic rings. The van der Waals surface area contributed by atoms with Crippen molar-refractivity contribution >= 4 is 38.9 Å². The highest BCUT2D eigenvalue weighted by Crippen LogP contribution is 2.68. The van der Waals surface area contributed by atoms with E-state index in [1.807, 2.05) is 65.2 Å². The van der Waals surface area contributed by atoms with Crippen LogP contribution in [0.1, 0.15) is 0 Å². The van der Waals surface area contributed by atoms with Crippen LogP contribution in [0.2, 0.25) is 0 Å². The molecule has 0 bridgehead atoms. The molecule has 68 heavy (non-hydrogen) atoms. The molecule has 0 unspecified atom stereocenters. The molecule has 0 radical (unpaired) electrons. The van der Waals surface area contributed by atoms with Crippen LogP contribution in [0.15, 0.2) is 97.1 Å². The lowest BCUT2D eigenvalue weighted by molar-refractivity contribution is 0.329. The summed E-state index contributed by atoms with van der Waals surface area (Å²) in [4.78, 5) is 0.460. The van der Waals surface area contributed by atoms with E-state index in [9.17, 15) is 91.9 Å². The van der Waals surface area contributed by atoms with Crippen molar-refractivity contribution in [2.24, 2.45) is 0 Å². The number of hydrogen-bond acceptors (Lipinski definition) is 19. The number of fused-ring (bicyclic) bond motifs is 3. The van der Waals surface area contributed by atoms with Crippen molar-refractivity contribution in [1.29, 1.82) is 0 Å². The van der Waals surface area contributed by atoms with E-state index in [0.29, 0.717) is 21.7 Å². The van der Waals surface area contributed by atoms with Gasteiger partial charge >= 0.3 is 0 Å². The summed E-state index contributed by atoms with van der Waals surface area (Å²) in [6, 6.07) is 28.2. The molecule has 0 aliphatic rings. The summed E-state index contributed by atoms with van der Waals surface area (Å²) in [5, 5.41) is 198. The van der Waals surface area contributed by atoms with E-state index >= 15 is 0 Å². The van der Waals surface area contributed by atoms with Crippen LogP contribution < -0.4 is 4.90 Å². The SMILES string of the molecule is Oc1c(O)c(O)c(-c2c(O)c(O)c(N(c3ccc(-c4ccccc4-n4c5ccccc5c5ccccc54)cc3)c3c(O)c(O)c(-c4c(O)c(O)c(O)c(O)c4O)c(O)c3O)c(O)c2O)c(O)c1O. The van der Waals surface area contributed by atoms with Crippen LogP contribution in [-0.2, 0) is 0 Å². The van der Waals surface area contributed by atoms with Crippen molar-refractivity contribution in [2.75, 3.05) is 4.90 Å². The lowest BCUT2D eigenvalue weighted by Gasteiger charge is -2.30. The molecule has 344 valence electrons. The monoisotopic (exact) mass is 926 g/mol. The standard InChI is InChI=1S/C48H34N2O18/c51-31-25(27-35(55)43(63)47(67)44(64)36(27)56)32(52)40(60)29(39(31)59)49(30-41(61)33(53)26(34(54)42(30)62)28-37(57)45(65)48(68)46(66)38(28)58)18-15-13-17(14-16-18)19-7-1-4-10-22(19)50-23-11-5-2-8-20(23)21-9-3-6-12-24(21)50/h1-16,51-68H. The Morgan fingerprint density at radius 3 is 0.941 bits per heavy atom. The molecule has 20 heteroatoms. The summed E-state index contributed by atoms with van der Waals surface area (Å²) < 4.78 is 2.04. The molecule has 0 saturated heterocycles. The van der Waals surface area contributed by atoms with Crippen LogP contribution in [0, 0.1) is 0 Å². The van der Waals surface area contributed by atoms with Gasteiger partial charge in [-0.2, -0.15) is 0 Å². The number of aromatic nitrogens is 1. The molecule has 8 aromatic carbocycles. The topological polar surface area (TPSA) is 372 Å². The lowest BCUT2D eigenvalue weighted by atomic mass is 9.95. The van der Waals surface area contributed by atoms with Crippen molar-refractivity contribution in [1.82, 2.24) is 4.57 Å². The van der Waals surface area contributed by atoms with E-state index in [-0.39, 0.29) is 5.69 Å². The molecule has 0 fully saturated rings. The van der Waals surface area contributed by atoms with E-state index in [1.54, 1.807) is 12.1 Å². The maximum atomic E-state index is 11.7. The van der Waals surface area contributed by atoms with E-state index < -0.39 is 137 Å². The smallest absolute Gasteiger partial charge is 0.208 e. The minimum absolute atomic E-state index is 0.353. The Bertz CT molecular complexity index is 3320. The number of hydrogen-bond donors (Lipinski definition) is 18. The second-order valence-electron chi connectivity index (χ2n) is 15.2. The average molecular weight is 927 g/mol. The number of phenols is 18. The van der Waals surface area contributed by atoms with Crippen molar-refractivity contribution in [3.05, 3.63) is 97.1 Å². The van der Waals surface area contributed by atoms with Gasteiger partial charge in [0.1, 0.15) is 11.4 Å². The molecule has 0 aliphatic heterocycles. The Morgan fingerprint density at radius 1 is 0.279 bits per heavy atom. The fourth-order valence-electron chi connectivity index (χ4n) is 8.37. The van der Waals surface area contributed by atoms with Gasteiger partial charge in [0.05, 0.1) is 39.0 Å². The zero-order valence-electron chi connectivity index (χ0n) is 34.2. The maximum Gasteiger partial charge on any atom is 0.208 e. The van der Waals surface area contributed by atoms with Gasteiger partial charge in [-0.1, -0.05) is 66.7 Å². The number of phenolic OH excluding ortho intramolecular Hbond substituents is 18. The molecule has 0 aliphatic carbocycles. The fourth-order valence-corrected chi connectivity index (χ4v) is 8.37. The number of rotatable bonds is 7. The van der Waals surface area contributed by atoms with Gasteiger partial charge in [-0.15, -0.1) is 0 Å². The van der Waals surface area contributed by atoms with Crippen molar-refractivity contribution in [3.8, 4) is 143 Å². The third-order valence-electron chi connectivity index (χ3n) is 11.6. The summed E-state index contributed by atoms with van der Waals surface area (Å²) in [6.07, 6.45) is 0. The zero-order valence-corrected chi connectivity index (χ0v) is 34.2. The Kier molecular flexibility index (Phi) is 9.62. The van der Waals surface area contributed by atoms with Gasteiger partial charge in [-0.3, -0.25) is 4.90 Å². The first kappa shape index (κ1) is 43.0. The Labute approximate surface area is 379 Å². The van der Waals surface area contributed by atoms with Gasteiger partial charge in [0, 0.05) is 22.0 Å². The van der Waals surface area contributed by atoms with E-state index in [1.165, 1.54) is 24.3 Å². The molecule has 9 rings (SSSR count). The highest BCUT2D eigenvalue weighted by atomic mass is 16.4. The largest absolute Gasteiger partial charge is 0.504 e. The lowest BCUT2D eigenvalue weighted by Crippen LogP contribution is -2.12. The first-order valence-corrected chi connectivity index (χ1v) is 19.7. The van der Waals surface area contributed by atoms with Gasteiger partial charge in [-0.05, 0) is 35.9 Å². The normalized spacial score (nSPS) is 11.4. The van der Waals surface area contributed by atoms with Gasteiger partial charge in [0.2, 0.25) is 34.5 Å². The highest BCUT2D eigenvalue weighted by molar-refractivity contribution is 6.10. The molecular formula is C48H34N2O18. The van der Waals surface area contributed by atoms with E-state index in [2.05, 4.69) is 0 Å². The van der Waals surface area contributed by atoms with Crippen LogP contribution in [0.3, 0.4) is 0 Å². The van der Waals surface area contributed by atoms with Gasteiger partial charge in [-0.25, -0.2) is 0 Å². The predicted molar refractivity (Wildman–Crippen MR) is 242 cm³/mol. The van der Waals surface area contributed by atoms with E-state index in [0.717, 1.165) is 21.8 Å². The number of nitrogens with zero attached hydrogens (tertiary/aromatic N) is 2. The quantitative estimate of drug-likeness (QED) is 0.0532. The minimum Gasteiger partial charge on any atom is -0.504 e.